The van der Waals surface area contributed by atoms with Crippen molar-refractivity contribution in [1.29, 1.82) is 0 Å². The van der Waals surface area contributed by atoms with Crippen LogP contribution in [0.5, 0.6) is 0 Å². The number of amides is 1. The maximum Gasteiger partial charge on any atom is 0.323 e. The lowest BCUT2D eigenvalue weighted by atomic mass is 9.96. The Labute approximate surface area is 142 Å². The van der Waals surface area contributed by atoms with Crippen LogP contribution in [0.1, 0.15) is 18.4 Å². The van der Waals surface area contributed by atoms with Crippen molar-refractivity contribution in [1.82, 2.24) is 9.80 Å². The average molecular weight is 328 g/mol. The molecule has 5 heteroatoms. The largest absolute Gasteiger partial charge is 0.480 e. The normalized spacial score (nSPS) is 12.3. The van der Waals surface area contributed by atoms with E-state index in [1.54, 1.807) is 0 Å². The second-order valence-electron chi connectivity index (χ2n) is 6.29. The van der Waals surface area contributed by atoms with Gasteiger partial charge in [0, 0.05) is 13.1 Å². The molecule has 5 nitrogen and oxygen atoms in total. The van der Waals surface area contributed by atoms with Gasteiger partial charge in [0.05, 0.1) is 5.92 Å². The number of rotatable bonds is 7. The van der Waals surface area contributed by atoms with Crippen LogP contribution < -0.4 is 0 Å². The van der Waals surface area contributed by atoms with Crippen LogP contribution >= 0.6 is 0 Å². The highest BCUT2D eigenvalue weighted by atomic mass is 16.4. The van der Waals surface area contributed by atoms with Crippen molar-refractivity contribution in [2.24, 2.45) is 0 Å². The molecule has 0 saturated heterocycles. The summed E-state index contributed by atoms with van der Waals surface area (Å²) in [6.07, 6.45) is 0. The second-order valence-corrected chi connectivity index (χ2v) is 6.29. The number of benzene rings is 2. The molecule has 128 valence electrons. The molecule has 0 aliphatic rings. The van der Waals surface area contributed by atoms with Gasteiger partial charge in [0.1, 0.15) is 6.54 Å². The quantitative estimate of drug-likeness (QED) is 0.848. The standard InChI is InChI=1S/C19H24N2O3/c1-14(16-9-8-15-6-4-5-7-17(15)12-16)19(24)21(13-18(22)23)11-10-20(2)3/h4-9,12,14H,10-11,13H2,1-3H3,(H,22,23)/t14-/m0/s1. The summed E-state index contributed by atoms with van der Waals surface area (Å²) in [5, 5.41) is 11.3. The first kappa shape index (κ1) is 17.9. The van der Waals surface area contributed by atoms with Gasteiger partial charge in [-0.15, -0.1) is 0 Å². The van der Waals surface area contributed by atoms with Gasteiger partial charge < -0.3 is 14.9 Å². The molecule has 1 N–H and O–H groups in total. The Morgan fingerprint density at radius 3 is 2.33 bits per heavy atom. The van der Waals surface area contributed by atoms with E-state index in [2.05, 4.69) is 0 Å². The van der Waals surface area contributed by atoms with Crippen LogP contribution in [0.3, 0.4) is 0 Å². The molecule has 0 heterocycles. The maximum absolute atomic E-state index is 12.8. The Kier molecular flexibility index (Phi) is 5.93. The zero-order chi connectivity index (χ0) is 17.7. The summed E-state index contributed by atoms with van der Waals surface area (Å²) in [5.41, 5.74) is 0.902. The van der Waals surface area contributed by atoms with Crippen LogP contribution in [-0.4, -0.2) is 60.5 Å². The molecular weight excluding hydrogens is 304 g/mol. The molecule has 2 aromatic rings. The number of likely N-dealkylation sites (N-methyl/N-ethyl adjacent to an activating group) is 1. The highest BCUT2D eigenvalue weighted by molar-refractivity contribution is 5.89. The van der Waals surface area contributed by atoms with Crippen molar-refractivity contribution in [3.05, 3.63) is 48.0 Å². The van der Waals surface area contributed by atoms with Crippen LogP contribution in [0.25, 0.3) is 10.8 Å². The van der Waals surface area contributed by atoms with Gasteiger partial charge in [0.25, 0.3) is 0 Å². The molecule has 1 atom stereocenters. The van der Waals surface area contributed by atoms with Crippen LogP contribution in [0, 0.1) is 0 Å². The average Bonchev–Trinajstić information content (AvgIpc) is 2.56. The van der Waals surface area contributed by atoms with Crippen LogP contribution in [-0.2, 0) is 9.59 Å². The van der Waals surface area contributed by atoms with Crippen molar-refractivity contribution in [2.75, 3.05) is 33.7 Å². The smallest absolute Gasteiger partial charge is 0.323 e. The summed E-state index contributed by atoms with van der Waals surface area (Å²) in [6, 6.07) is 13.9. The number of carboxylic acid groups (broad SMARTS) is 1. The maximum atomic E-state index is 12.8. The molecule has 0 aliphatic carbocycles. The van der Waals surface area contributed by atoms with Gasteiger partial charge in [0.2, 0.25) is 5.91 Å². The minimum atomic E-state index is -0.993. The van der Waals surface area contributed by atoms with Crippen molar-refractivity contribution in [3.63, 3.8) is 0 Å². The van der Waals surface area contributed by atoms with Gasteiger partial charge in [-0.3, -0.25) is 9.59 Å². The third-order valence-corrected chi connectivity index (χ3v) is 4.10. The Bertz CT molecular complexity index is 727. The Hall–Kier alpha value is -2.40. The van der Waals surface area contributed by atoms with E-state index >= 15 is 0 Å². The number of carbonyl (C=O) groups excluding carboxylic acids is 1. The first-order valence-corrected chi connectivity index (χ1v) is 8.02. The van der Waals surface area contributed by atoms with E-state index in [0.717, 1.165) is 16.3 Å². The monoisotopic (exact) mass is 328 g/mol. The van der Waals surface area contributed by atoms with Crippen molar-refractivity contribution in [2.45, 2.75) is 12.8 Å². The third kappa shape index (κ3) is 4.55. The van der Waals surface area contributed by atoms with Gasteiger partial charge >= 0.3 is 5.97 Å². The molecule has 0 fully saturated rings. The highest BCUT2D eigenvalue weighted by Crippen LogP contribution is 2.23. The number of aliphatic carboxylic acids is 1. The molecule has 0 saturated carbocycles. The summed E-state index contributed by atoms with van der Waals surface area (Å²) in [4.78, 5) is 27.2. The van der Waals surface area contributed by atoms with E-state index in [1.165, 1.54) is 4.90 Å². The van der Waals surface area contributed by atoms with E-state index in [9.17, 15) is 9.59 Å². The topological polar surface area (TPSA) is 60.9 Å². The van der Waals surface area contributed by atoms with E-state index < -0.39 is 5.97 Å². The molecule has 0 radical (unpaired) electrons. The first-order valence-electron chi connectivity index (χ1n) is 8.02. The van der Waals surface area contributed by atoms with Crippen LogP contribution in [0.15, 0.2) is 42.5 Å². The number of nitrogens with zero attached hydrogens (tertiary/aromatic N) is 2. The number of carbonyl (C=O) groups is 2. The Morgan fingerprint density at radius 1 is 1.04 bits per heavy atom. The highest BCUT2D eigenvalue weighted by Gasteiger charge is 2.23. The Balaban J connectivity index is 2.20. The molecule has 0 unspecified atom stereocenters. The first-order chi connectivity index (χ1) is 11.4. The fourth-order valence-corrected chi connectivity index (χ4v) is 2.64. The zero-order valence-corrected chi connectivity index (χ0v) is 14.4. The van der Waals surface area contributed by atoms with Gasteiger partial charge in [-0.1, -0.05) is 42.5 Å². The van der Waals surface area contributed by atoms with E-state index in [0.29, 0.717) is 13.1 Å². The molecule has 1 amide bonds. The summed E-state index contributed by atoms with van der Waals surface area (Å²) >= 11 is 0. The van der Waals surface area contributed by atoms with Crippen LogP contribution in [0.2, 0.25) is 0 Å². The van der Waals surface area contributed by atoms with Crippen molar-refractivity contribution >= 4 is 22.6 Å². The van der Waals surface area contributed by atoms with Gasteiger partial charge in [-0.25, -0.2) is 0 Å². The Morgan fingerprint density at radius 2 is 1.71 bits per heavy atom. The third-order valence-electron chi connectivity index (χ3n) is 4.10. The zero-order valence-electron chi connectivity index (χ0n) is 14.4. The van der Waals surface area contributed by atoms with E-state index in [-0.39, 0.29) is 18.4 Å². The molecule has 0 aliphatic heterocycles. The van der Waals surface area contributed by atoms with Crippen molar-refractivity contribution in [3.8, 4) is 0 Å². The van der Waals surface area contributed by atoms with Gasteiger partial charge in [-0.05, 0) is 37.4 Å². The summed E-state index contributed by atoms with van der Waals surface area (Å²) in [5.74, 6) is -1.53. The van der Waals surface area contributed by atoms with Crippen LogP contribution in [0.4, 0.5) is 0 Å². The second kappa shape index (κ2) is 7.93. The molecule has 0 bridgehead atoms. The lowest BCUT2D eigenvalue weighted by Gasteiger charge is -2.26. The summed E-state index contributed by atoms with van der Waals surface area (Å²) in [7, 11) is 3.80. The number of carboxylic acids is 1. The minimum Gasteiger partial charge on any atom is -0.480 e. The molecule has 2 aromatic carbocycles. The number of hydrogen-bond donors (Lipinski definition) is 1. The molecule has 0 spiro atoms. The van der Waals surface area contributed by atoms with Gasteiger partial charge in [0.15, 0.2) is 0 Å². The van der Waals surface area contributed by atoms with E-state index in [4.69, 9.17) is 5.11 Å². The number of fused-ring (bicyclic) bond motifs is 1. The molecule has 24 heavy (non-hydrogen) atoms. The lowest BCUT2D eigenvalue weighted by Crippen LogP contribution is -2.41. The fraction of sp³-hybridized carbons (Fsp3) is 0.368. The van der Waals surface area contributed by atoms with E-state index in [1.807, 2.05) is 68.4 Å². The summed E-state index contributed by atoms with van der Waals surface area (Å²) < 4.78 is 0. The molecule has 0 aromatic heterocycles. The van der Waals surface area contributed by atoms with Gasteiger partial charge in [-0.2, -0.15) is 0 Å². The summed E-state index contributed by atoms with van der Waals surface area (Å²) in [6.45, 7) is 2.58. The molecular formula is C19H24N2O3. The lowest BCUT2D eigenvalue weighted by molar-refractivity contribution is -0.145. The SMILES string of the molecule is C[C@H](C(=O)N(CCN(C)C)CC(=O)O)c1ccc2ccccc2c1. The van der Waals surface area contributed by atoms with Crippen molar-refractivity contribution < 1.29 is 14.7 Å². The number of hydrogen-bond acceptors (Lipinski definition) is 3. The molecule has 2 rings (SSSR count). The predicted octanol–water partition coefficient (Wildman–Crippen LogP) is 2.42. The minimum absolute atomic E-state index is 0.158. The fourth-order valence-electron chi connectivity index (χ4n) is 2.64. The predicted molar refractivity (Wildman–Crippen MR) is 95.1 cm³/mol.